The van der Waals surface area contributed by atoms with E-state index < -0.39 is 0 Å². The number of aromatic amines is 1. The number of halogens is 1. The maximum absolute atomic E-state index is 5.85. The lowest BCUT2D eigenvalue weighted by Crippen LogP contribution is -1.96. The minimum Gasteiger partial charge on any atom is -0.342 e. The largest absolute Gasteiger partial charge is 0.342 e. The number of aromatic nitrogens is 4. The Hall–Kier alpha value is -1.81. The molecule has 0 fully saturated rings. The smallest absolute Gasteiger partial charge is 0.181 e. The van der Waals surface area contributed by atoms with Crippen molar-refractivity contribution in [2.45, 2.75) is 6.92 Å². The van der Waals surface area contributed by atoms with Gasteiger partial charge in [0.1, 0.15) is 5.52 Å². The van der Waals surface area contributed by atoms with E-state index in [9.17, 15) is 0 Å². The lowest BCUT2D eigenvalue weighted by molar-refractivity contribution is 0.875. The standard InChI is InChI=1S/C11H9ClN4/c1-7-10-11(14-6-13-10)16(15-7)9-4-2-8(12)3-5-9/h2-6H,1H3,(H,13,14). The van der Waals surface area contributed by atoms with E-state index in [0.29, 0.717) is 5.02 Å². The van der Waals surface area contributed by atoms with Crippen molar-refractivity contribution in [3.63, 3.8) is 0 Å². The van der Waals surface area contributed by atoms with Gasteiger partial charge in [-0.3, -0.25) is 0 Å². The van der Waals surface area contributed by atoms with Crippen molar-refractivity contribution >= 4 is 22.8 Å². The summed E-state index contributed by atoms with van der Waals surface area (Å²) in [7, 11) is 0. The molecule has 1 N–H and O–H groups in total. The third-order valence-electron chi connectivity index (χ3n) is 2.50. The van der Waals surface area contributed by atoms with Gasteiger partial charge in [0.25, 0.3) is 0 Å². The van der Waals surface area contributed by atoms with Gasteiger partial charge in [0, 0.05) is 5.02 Å². The summed E-state index contributed by atoms with van der Waals surface area (Å²) in [5, 5.41) is 5.14. The fourth-order valence-electron chi connectivity index (χ4n) is 1.72. The van der Waals surface area contributed by atoms with Crippen LogP contribution in [-0.2, 0) is 0 Å². The number of imidazole rings is 1. The average molecular weight is 233 g/mol. The molecule has 0 amide bonds. The van der Waals surface area contributed by atoms with Crippen LogP contribution in [0.1, 0.15) is 5.69 Å². The summed E-state index contributed by atoms with van der Waals surface area (Å²) >= 11 is 5.85. The van der Waals surface area contributed by atoms with Crippen LogP contribution in [0.5, 0.6) is 0 Å². The topological polar surface area (TPSA) is 46.5 Å². The monoisotopic (exact) mass is 232 g/mol. The molecule has 0 aliphatic rings. The van der Waals surface area contributed by atoms with Crippen LogP contribution in [0, 0.1) is 6.92 Å². The summed E-state index contributed by atoms with van der Waals surface area (Å²) in [5.41, 5.74) is 3.69. The highest BCUT2D eigenvalue weighted by Crippen LogP contribution is 2.19. The lowest BCUT2D eigenvalue weighted by atomic mass is 10.3. The normalized spacial score (nSPS) is 11.1. The minimum atomic E-state index is 0.714. The lowest BCUT2D eigenvalue weighted by Gasteiger charge is -2.00. The van der Waals surface area contributed by atoms with Crippen molar-refractivity contribution in [2.75, 3.05) is 0 Å². The van der Waals surface area contributed by atoms with Gasteiger partial charge in [0.2, 0.25) is 0 Å². The first-order chi connectivity index (χ1) is 7.75. The van der Waals surface area contributed by atoms with Crippen LogP contribution in [-0.4, -0.2) is 19.7 Å². The van der Waals surface area contributed by atoms with Gasteiger partial charge in [-0.15, -0.1) is 0 Å². The van der Waals surface area contributed by atoms with E-state index in [1.54, 1.807) is 11.0 Å². The molecular weight excluding hydrogens is 224 g/mol. The Bertz CT molecular complexity index is 636. The third kappa shape index (κ3) is 1.31. The second-order valence-electron chi connectivity index (χ2n) is 3.57. The first kappa shape index (κ1) is 9.42. The molecule has 1 aromatic carbocycles. The van der Waals surface area contributed by atoms with Gasteiger partial charge in [-0.1, -0.05) is 11.6 Å². The summed E-state index contributed by atoms with van der Waals surface area (Å²) in [6.45, 7) is 1.95. The Morgan fingerprint density at radius 3 is 2.75 bits per heavy atom. The number of aryl methyl sites for hydroxylation is 1. The molecule has 16 heavy (non-hydrogen) atoms. The van der Waals surface area contributed by atoms with Crippen molar-refractivity contribution in [1.29, 1.82) is 0 Å². The molecule has 0 aliphatic heterocycles. The van der Waals surface area contributed by atoms with Crippen LogP contribution < -0.4 is 0 Å². The van der Waals surface area contributed by atoms with E-state index in [1.807, 2.05) is 31.2 Å². The van der Waals surface area contributed by atoms with E-state index in [0.717, 1.165) is 22.5 Å². The van der Waals surface area contributed by atoms with Gasteiger partial charge in [0.15, 0.2) is 5.65 Å². The maximum Gasteiger partial charge on any atom is 0.181 e. The summed E-state index contributed by atoms with van der Waals surface area (Å²) < 4.78 is 1.80. The number of H-pyrrole nitrogens is 1. The molecule has 3 aromatic rings. The van der Waals surface area contributed by atoms with Gasteiger partial charge in [0.05, 0.1) is 17.7 Å². The second kappa shape index (κ2) is 3.35. The molecule has 0 radical (unpaired) electrons. The summed E-state index contributed by atoms with van der Waals surface area (Å²) in [5.74, 6) is 0. The van der Waals surface area contributed by atoms with Crippen molar-refractivity contribution < 1.29 is 0 Å². The molecule has 0 unspecified atom stereocenters. The first-order valence-electron chi connectivity index (χ1n) is 4.90. The molecule has 0 bridgehead atoms. The highest BCUT2D eigenvalue weighted by molar-refractivity contribution is 6.30. The zero-order valence-electron chi connectivity index (χ0n) is 8.61. The number of nitrogens with zero attached hydrogens (tertiary/aromatic N) is 3. The third-order valence-corrected chi connectivity index (χ3v) is 2.75. The fraction of sp³-hybridized carbons (Fsp3) is 0.0909. The van der Waals surface area contributed by atoms with Gasteiger partial charge < -0.3 is 4.98 Å². The molecule has 0 saturated carbocycles. The van der Waals surface area contributed by atoms with Gasteiger partial charge in [-0.05, 0) is 31.2 Å². The second-order valence-corrected chi connectivity index (χ2v) is 4.01. The van der Waals surface area contributed by atoms with Crippen molar-refractivity contribution in [1.82, 2.24) is 19.7 Å². The van der Waals surface area contributed by atoms with Gasteiger partial charge in [-0.2, -0.15) is 5.10 Å². The molecule has 2 heterocycles. The van der Waals surface area contributed by atoms with Gasteiger partial charge in [-0.25, -0.2) is 9.67 Å². The fourth-order valence-corrected chi connectivity index (χ4v) is 1.85. The molecule has 0 saturated heterocycles. The number of hydrogen-bond donors (Lipinski definition) is 1. The number of rotatable bonds is 1. The van der Waals surface area contributed by atoms with Crippen molar-refractivity contribution in [2.24, 2.45) is 0 Å². The minimum absolute atomic E-state index is 0.714. The average Bonchev–Trinajstić information content (AvgIpc) is 2.84. The zero-order chi connectivity index (χ0) is 11.1. The highest BCUT2D eigenvalue weighted by Gasteiger charge is 2.10. The molecule has 0 atom stereocenters. The van der Waals surface area contributed by atoms with Crippen LogP contribution in [0.2, 0.25) is 5.02 Å². The number of hydrogen-bond acceptors (Lipinski definition) is 2. The molecule has 4 nitrogen and oxygen atoms in total. The molecule has 0 spiro atoms. The summed E-state index contributed by atoms with van der Waals surface area (Å²) in [4.78, 5) is 7.32. The Kier molecular flexibility index (Phi) is 1.97. The van der Waals surface area contributed by atoms with E-state index in [-0.39, 0.29) is 0 Å². The van der Waals surface area contributed by atoms with Crippen LogP contribution in [0.15, 0.2) is 30.6 Å². The van der Waals surface area contributed by atoms with Crippen LogP contribution in [0.25, 0.3) is 16.9 Å². The highest BCUT2D eigenvalue weighted by atomic mass is 35.5. The number of nitrogens with one attached hydrogen (secondary N) is 1. The van der Waals surface area contributed by atoms with Crippen molar-refractivity contribution in [3.05, 3.63) is 41.3 Å². The van der Waals surface area contributed by atoms with Crippen molar-refractivity contribution in [3.8, 4) is 5.69 Å². The van der Waals surface area contributed by atoms with Crippen LogP contribution >= 0.6 is 11.6 Å². The van der Waals surface area contributed by atoms with E-state index in [1.165, 1.54) is 0 Å². The van der Waals surface area contributed by atoms with Crippen LogP contribution in [0.3, 0.4) is 0 Å². The molecule has 80 valence electrons. The van der Waals surface area contributed by atoms with E-state index in [2.05, 4.69) is 15.1 Å². The van der Waals surface area contributed by atoms with Crippen LogP contribution in [0.4, 0.5) is 0 Å². The number of benzene rings is 1. The molecule has 3 rings (SSSR count). The Labute approximate surface area is 96.9 Å². The summed E-state index contributed by atoms with van der Waals surface area (Å²) in [6, 6.07) is 7.52. The quantitative estimate of drug-likeness (QED) is 0.701. The zero-order valence-corrected chi connectivity index (χ0v) is 9.36. The SMILES string of the molecule is Cc1nn(-c2ccc(Cl)cc2)c2nc[nH]c12. The molecule has 5 heteroatoms. The first-order valence-corrected chi connectivity index (χ1v) is 5.28. The maximum atomic E-state index is 5.85. The summed E-state index contributed by atoms with van der Waals surface area (Å²) in [6.07, 6.45) is 1.67. The predicted molar refractivity (Wildman–Crippen MR) is 63.0 cm³/mol. The van der Waals surface area contributed by atoms with E-state index in [4.69, 9.17) is 11.6 Å². The predicted octanol–water partition coefficient (Wildman–Crippen LogP) is 2.71. The molecule has 2 aromatic heterocycles. The number of fused-ring (bicyclic) bond motifs is 1. The Morgan fingerprint density at radius 1 is 1.25 bits per heavy atom. The molecule has 0 aliphatic carbocycles. The van der Waals surface area contributed by atoms with Gasteiger partial charge >= 0.3 is 0 Å². The Morgan fingerprint density at radius 2 is 2.00 bits per heavy atom. The molecular formula is C11H9ClN4. The Balaban J connectivity index is 2.25. The van der Waals surface area contributed by atoms with E-state index >= 15 is 0 Å².